The molecule has 5 heteroatoms. The fourth-order valence-electron chi connectivity index (χ4n) is 3.58. The summed E-state index contributed by atoms with van der Waals surface area (Å²) in [5, 5.41) is 3.17. The number of nitrogens with zero attached hydrogens (tertiary/aromatic N) is 1. The van der Waals surface area contributed by atoms with Crippen molar-refractivity contribution >= 4 is 23.0 Å². The molecule has 0 atom stereocenters. The van der Waals surface area contributed by atoms with E-state index in [2.05, 4.69) is 5.32 Å². The molecule has 1 aliphatic carbocycles. The van der Waals surface area contributed by atoms with Gasteiger partial charge in [-0.25, -0.2) is 0 Å². The molecule has 0 unspecified atom stereocenters. The number of aryl methyl sites for hydroxylation is 2. The van der Waals surface area contributed by atoms with Crippen LogP contribution in [0.3, 0.4) is 0 Å². The zero-order valence-electron chi connectivity index (χ0n) is 16.5. The Hall–Kier alpha value is -3.73. The third-order valence-corrected chi connectivity index (χ3v) is 4.85. The molecule has 0 saturated carbocycles. The number of ether oxygens (including phenoxy) is 1. The number of methoxy groups -OCH3 is 1. The number of aromatic nitrogens is 1. The molecule has 3 aromatic rings. The number of Topliss-reactive ketones (excluding diaryl/α,β-unsaturated/α-hetero) is 2. The first kappa shape index (κ1) is 18.6. The second-order valence-electron chi connectivity index (χ2n) is 7.08. The van der Waals surface area contributed by atoms with Gasteiger partial charge in [0.25, 0.3) is 11.5 Å². The van der Waals surface area contributed by atoms with Crippen LogP contribution in [0.1, 0.15) is 31.8 Å². The van der Waals surface area contributed by atoms with Gasteiger partial charge in [-0.2, -0.15) is 4.57 Å². The number of allylic oxidation sites excluding steroid dienone is 2. The van der Waals surface area contributed by atoms with E-state index < -0.39 is 0 Å². The summed E-state index contributed by atoms with van der Waals surface area (Å²) in [6.45, 7) is 3.92. The predicted octanol–water partition coefficient (Wildman–Crippen LogP) is 3.96. The van der Waals surface area contributed by atoms with Gasteiger partial charge in [-0.1, -0.05) is 24.3 Å². The summed E-state index contributed by atoms with van der Waals surface area (Å²) < 4.78 is 6.94. The van der Waals surface area contributed by atoms with E-state index in [9.17, 15) is 9.59 Å². The second kappa shape index (κ2) is 7.36. The number of ketones is 2. The Labute approximate surface area is 169 Å². The van der Waals surface area contributed by atoms with Gasteiger partial charge in [-0.15, -0.1) is 0 Å². The fraction of sp³-hybridized carbons (Fsp3) is 0.125. The smallest absolute Gasteiger partial charge is 0.286 e. The summed E-state index contributed by atoms with van der Waals surface area (Å²) in [5.74, 6) is 0.314. The SMILES string of the molecule is COc1ccc(NC2=C([n+]3cc(C)cc(C)c3)C(=O)c3ccccc3C2=O)cc1. The lowest BCUT2D eigenvalue weighted by Crippen LogP contribution is -2.42. The van der Waals surface area contributed by atoms with Gasteiger partial charge in [0.1, 0.15) is 5.75 Å². The van der Waals surface area contributed by atoms with Crippen LogP contribution in [-0.2, 0) is 0 Å². The average molecular weight is 385 g/mol. The molecule has 29 heavy (non-hydrogen) atoms. The normalized spacial score (nSPS) is 13.3. The summed E-state index contributed by atoms with van der Waals surface area (Å²) in [6.07, 6.45) is 3.72. The zero-order valence-corrected chi connectivity index (χ0v) is 16.5. The third-order valence-electron chi connectivity index (χ3n) is 4.85. The second-order valence-corrected chi connectivity index (χ2v) is 7.08. The van der Waals surface area contributed by atoms with Crippen LogP contribution in [0.15, 0.2) is 72.7 Å². The number of fused-ring (bicyclic) bond motifs is 1. The van der Waals surface area contributed by atoms with E-state index in [0.717, 1.165) is 11.1 Å². The van der Waals surface area contributed by atoms with Crippen LogP contribution in [0.2, 0.25) is 0 Å². The van der Waals surface area contributed by atoms with Crippen molar-refractivity contribution in [1.29, 1.82) is 0 Å². The van der Waals surface area contributed by atoms with Gasteiger partial charge in [0.15, 0.2) is 18.1 Å². The highest BCUT2D eigenvalue weighted by Crippen LogP contribution is 2.28. The molecular formula is C24H21N2O3+. The van der Waals surface area contributed by atoms with Crippen molar-refractivity contribution in [3.63, 3.8) is 0 Å². The Bertz CT molecular complexity index is 1140. The molecule has 1 aliphatic rings. The van der Waals surface area contributed by atoms with Crippen molar-refractivity contribution in [3.8, 4) is 5.75 Å². The fourth-order valence-corrected chi connectivity index (χ4v) is 3.58. The van der Waals surface area contributed by atoms with Gasteiger partial charge in [-0.3, -0.25) is 9.59 Å². The number of rotatable bonds is 4. The van der Waals surface area contributed by atoms with E-state index >= 15 is 0 Å². The van der Waals surface area contributed by atoms with E-state index in [4.69, 9.17) is 4.74 Å². The van der Waals surface area contributed by atoms with Crippen molar-refractivity contribution in [2.75, 3.05) is 12.4 Å². The minimum absolute atomic E-state index is 0.189. The summed E-state index contributed by atoms with van der Waals surface area (Å²) in [4.78, 5) is 26.7. The molecule has 0 spiro atoms. The highest BCUT2D eigenvalue weighted by atomic mass is 16.5. The van der Waals surface area contributed by atoms with Crippen molar-refractivity contribution in [3.05, 3.63) is 94.9 Å². The minimum atomic E-state index is -0.210. The number of carbonyl (C=O) groups is 2. The largest absolute Gasteiger partial charge is 0.497 e. The molecule has 144 valence electrons. The number of hydrogen-bond donors (Lipinski definition) is 1. The average Bonchev–Trinajstić information content (AvgIpc) is 2.72. The number of anilines is 1. The Balaban J connectivity index is 1.90. The van der Waals surface area contributed by atoms with E-state index in [1.807, 2.05) is 44.4 Å². The molecule has 0 radical (unpaired) electrons. The molecule has 0 aliphatic heterocycles. The lowest BCUT2D eigenvalue weighted by atomic mass is 9.90. The molecule has 0 saturated heterocycles. The van der Waals surface area contributed by atoms with Crippen LogP contribution in [0.4, 0.5) is 5.69 Å². The van der Waals surface area contributed by atoms with Crippen LogP contribution in [0, 0.1) is 13.8 Å². The van der Waals surface area contributed by atoms with E-state index in [1.165, 1.54) is 0 Å². The molecule has 2 aromatic carbocycles. The topological polar surface area (TPSA) is 59.3 Å². The number of nitrogens with one attached hydrogen (secondary N) is 1. The Morgan fingerprint density at radius 1 is 0.828 bits per heavy atom. The van der Waals surface area contributed by atoms with E-state index in [1.54, 1.807) is 48.1 Å². The quantitative estimate of drug-likeness (QED) is 0.691. The van der Waals surface area contributed by atoms with E-state index in [0.29, 0.717) is 28.3 Å². The van der Waals surface area contributed by atoms with Crippen LogP contribution in [0.25, 0.3) is 5.70 Å². The van der Waals surface area contributed by atoms with Gasteiger partial charge in [0.2, 0.25) is 5.78 Å². The standard InChI is InChI=1S/C24H20N2O3/c1-15-12-16(2)14-26(13-15)22-21(25-17-8-10-18(29-3)11-9-17)23(27)19-6-4-5-7-20(19)24(22)28/h4-14H,1-3H3/p+1. The zero-order chi connectivity index (χ0) is 20.5. The van der Waals surface area contributed by atoms with Gasteiger partial charge in [0, 0.05) is 27.9 Å². The Kier molecular flexibility index (Phi) is 4.72. The first-order valence-electron chi connectivity index (χ1n) is 9.31. The Morgan fingerprint density at radius 3 is 2.00 bits per heavy atom. The molecule has 1 heterocycles. The number of benzene rings is 2. The molecule has 0 fully saturated rings. The number of pyridine rings is 1. The van der Waals surface area contributed by atoms with Crippen LogP contribution in [-0.4, -0.2) is 18.7 Å². The maximum Gasteiger partial charge on any atom is 0.286 e. The summed E-state index contributed by atoms with van der Waals surface area (Å²) in [7, 11) is 1.60. The summed E-state index contributed by atoms with van der Waals surface area (Å²) >= 11 is 0. The van der Waals surface area contributed by atoms with Gasteiger partial charge >= 0.3 is 0 Å². The lowest BCUT2D eigenvalue weighted by Gasteiger charge is -2.19. The monoisotopic (exact) mass is 385 g/mol. The first-order valence-corrected chi connectivity index (χ1v) is 9.31. The van der Waals surface area contributed by atoms with Crippen molar-refractivity contribution in [2.24, 2.45) is 0 Å². The molecule has 1 aromatic heterocycles. The van der Waals surface area contributed by atoms with Crippen molar-refractivity contribution in [1.82, 2.24) is 0 Å². The van der Waals surface area contributed by atoms with E-state index in [-0.39, 0.29) is 17.3 Å². The van der Waals surface area contributed by atoms with Gasteiger partial charge in [0.05, 0.1) is 7.11 Å². The number of carbonyl (C=O) groups excluding carboxylic acids is 2. The first-order chi connectivity index (χ1) is 14.0. The van der Waals surface area contributed by atoms with Crippen LogP contribution in [0.5, 0.6) is 5.75 Å². The maximum absolute atomic E-state index is 13.4. The van der Waals surface area contributed by atoms with Crippen LogP contribution < -0.4 is 14.6 Å². The summed E-state index contributed by atoms with van der Waals surface area (Å²) in [5.41, 5.74) is 4.09. The Morgan fingerprint density at radius 2 is 1.41 bits per heavy atom. The molecule has 5 nitrogen and oxygen atoms in total. The van der Waals surface area contributed by atoms with Crippen molar-refractivity contribution < 1.29 is 18.9 Å². The highest BCUT2D eigenvalue weighted by molar-refractivity contribution is 6.36. The molecule has 0 bridgehead atoms. The highest BCUT2D eigenvalue weighted by Gasteiger charge is 2.38. The lowest BCUT2D eigenvalue weighted by molar-refractivity contribution is -0.578. The molecule has 1 N–H and O–H groups in total. The molecular weight excluding hydrogens is 364 g/mol. The minimum Gasteiger partial charge on any atom is -0.497 e. The third kappa shape index (κ3) is 3.43. The maximum atomic E-state index is 13.4. The number of hydrogen-bond acceptors (Lipinski definition) is 4. The predicted molar refractivity (Wildman–Crippen MR) is 111 cm³/mol. The van der Waals surface area contributed by atoms with Crippen molar-refractivity contribution in [2.45, 2.75) is 13.8 Å². The molecule has 4 rings (SSSR count). The van der Waals surface area contributed by atoms with Crippen LogP contribution >= 0.6 is 0 Å². The molecule has 0 amide bonds. The van der Waals surface area contributed by atoms with Gasteiger partial charge < -0.3 is 10.1 Å². The van der Waals surface area contributed by atoms with Gasteiger partial charge in [-0.05, 0) is 44.2 Å². The summed E-state index contributed by atoms with van der Waals surface area (Å²) in [6, 6.07) is 16.2.